The van der Waals surface area contributed by atoms with Crippen molar-refractivity contribution in [3.05, 3.63) is 120 Å². The molecule has 0 bridgehead atoms. The molecule has 0 saturated carbocycles. The minimum atomic E-state index is -0.381. The molecule has 7 nitrogen and oxygen atoms in total. The fourth-order valence-electron chi connectivity index (χ4n) is 5.01. The summed E-state index contributed by atoms with van der Waals surface area (Å²) < 4.78 is 28.8. The third-order valence-electron chi connectivity index (χ3n) is 7.03. The van der Waals surface area contributed by atoms with Crippen molar-refractivity contribution in [2.24, 2.45) is 0 Å². The predicted octanol–water partition coefficient (Wildman–Crippen LogP) is 6.80. The molecule has 0 amide bonds. The highest BCUT2D eigenvalue weighted by Crippen LogP contribution is 2.34. The first-order chi connectivity index (χ1) is 20.1. The molecular weight excluding hydrogens is 520 g/mol. The van der Waals surface area contributed by atoms with Gasteiger partial charge in [-0.15, -0.1) is 0 Å². The molecule has 3 aromatic carbocycles. The zero-order valence-electron chi connectivity index (χ0n) is 21.7. The zero-order chi connectivity index (χ0) is 27.8. The number of H-pyrrole nitrogens is 2. The lowest BCUT2D eigenvalue weighted by Gasteiger charge is -2.08. The Morgan fingerprint density at radius 3 is 2.46 bits per heavy atom. The van der Waals surface area contributed by atoms with Crippen molar-refractivity contribution in [3.63, 3.8) is 0 Å². The average molecular weight is 544 g/mol. The number of fused-ring (bicyclic) bond motifs is 2. The fourth-order valence-corrected chi connectivity index (χ4v) is 5.01. The van der Waals surface area contributed by atoms with E-state index in [-0.39, 0.29) is 11.6 Å². The van der Waals surface area contributed by atoms with Crippen molar-refractivity contribution in [1.29, 1.82) is 0 Å². The van der Waals surface area contributed by atoms with E-state index in [0.29, 0.717) is 51.3 Å². The molecule has 0 aliphatic carbocycles. The van der Waals surface area contributed by atoms with Gasteiger partial charge in [0.05, 0.1) is 11.0 Å². The Morgan fingerprint density at radius 2 is 1.61 bits per heavy atom. The fraction of sp³-hybridized carbons (Fsp3) is 0.0625. The maximum Gasteiger partial charge on any atom is 0.178 e. The zero-order valence-corrected chi connectivity index (χ0v) is 21.7. The Balaban J connectivity index is 1.22. The summed E-state index contributed by atoms with van der Waals surface area (Å²) in [4.78, 5) is 16.8. The average Bonchev–Trinajstić information content (AvgIpc) is 3.62. The second kappa shape index (κ2) is 10.4. The number of hydrogen-bond acceptors (Lipinski definition) is 5. The number of hydrogen-bond donors (Lipinski definition) is 3. The van der Waals surface area contributed by atoms with Gasteiger partial charge in [0.2, 0.25) is 0 Å². The number of nitrogens with zero attached hydrogens (tertiary/aromatic N) is 4. The molecule has 0 radical (unpaired) electrons. The minimum Gasteiger partial charge on any atom is -0.335 e. The van der Waals surface area contributed by atoms with Crippen LogP contribution in [0.25, 0.3) is 55.8 Å². The molecule has 4 heterocycles. The van der Waals surface area contributed by atoms with Gasteiger partial charge in [0, 0.05) is 59.8 Å². The summed E-state index contributed by atoms with van der Waals surface area (Å²) in [6.07, 6.45) is 5.10. The van der Waals surface area contributed by atoms with Gasteiger partial charge in [0.25, 0.3) is 0 Å². The Bertz CT molecular complexity index is 2000. The first-order valence-corrected chi connectivity index (χ1v) is 13.1. The Hall–Kier alpha value is -5.28. The van der Waals surface area contributed by atoms with Crippen LogP contribution >= 0.6 is 0 Å². The number of rotatable bonds is 7. The summed E-state index contributed by atoms with van der Waals surface area (Å²) in [6, 6.07) is 23.4. The van der Waals surface area contributed by atoms with E-state index in [1.807, 2.05) is 30.3 Å². The SMILES string of the molecule is Fc1ccc(-c2ccnc3nc(-c4n[nH]c5cc(F)c(-c6cncc(CNCc7ccccc7)c6)cc45)[nH]c23)cc1. The molecule has 0 aliphatic rings. The van der Waals surface area contributed by atoms with Crippen molar-refractivity contribution in [2.75, 3.05) is 0 Å². The van der Waals surface area contributed by atoms with Crippen LogP contribution in [0, 0.1) is 11.6 Å². The Kier molecular flexibility index (Phi) is 6.25. The van der Waals surface area contributed by atoms with Crippen molar-refractivity contribution in [3.8, 4) is 33.8 Å². The number of nitrogens with one attached hydrogen (secondary N) is 3. The summed E-state index contributed by atoms with van der Waals surface area (Å²) >= 11 is 0. The van der Waals surface area contributed by atoms with Gasteiger partial charge in [0.1, 0.15) is 17.3 Å². The van der Waals surface area contributed by atoms with Crippen LogP contribution in [0.15, 0.2) is 97.5 Å². The standard InChI is InChI=1S/C32H23F2N7/c33-23-8-6-21(7-9-23)24-10-11-37-31-29(24)38-32(39-31)30-26-13-25(27(34)14-28(26)40-41-30)22-12-20(17-36-18-22)16-35-15-19-4-2-1-3-5-19/h1-14,17-18,35H,15-16H2,(H,40,41)(H,37,38,39). The van der Waals surface area contributed by atoms with Gasteiger partial charge in [0.15, 0.2) is 11.5 Å². The van der Waals surface area contributed by atoms with Gasteiger partial charge in [-0.3, -0.25) is 10.1 Å². The summed E-state index contributed by atoms with van der Waals surface area (Å²) in [6.45, 7) is 1.32. The molecule has 41 heavy (non-hydrogen) atoms. The van der Waals surface area contributed by atoms with Crippen LogP contribution in [-0.2, 0) is 13.1 Å². The highest BCUT2D eigenvalue weighted by atomic mass is 19.1. The Morgan fingerprint density at radius 1 is 0.780 bits per heavy atom. The molecule has 7 rings (SSSR count). The van der Waals surface area contributed by atoms with E-state index in [4.69, 9.17) is 0 Å². The largest absolute Gasteiger partial charge is 0.335 e. The quantitative estimate of drug-likeness (QED) is 0.206. The minimum absolute atomic E-state index is 0.306. The molecule has 7 aromatic rings. The lowest BCUT2D eigenvalue weighted by atomic mass is 10.0. The smallest absolute Gasteiger partial charge is 0.178 e. The molecule has 0 atom stereocenters. The molecule has 0 aliphatic heterocycles. The lowest BCUT2D eigenvalue weighted by molar-refractivity contribution is 0.628. The van der Waals surface area contributed by atoms with Crippen LogP contribution in [0.1, 0.15) is 11.1 Å². The van der Waals surface area contributed by atoms with Gasteiger partial charge in [-0.2, -0.15) is 5.10 Å². The van der Waals surface area contributed by atoms with Gasteiger partial charge in [-0.1, -0.05) is 42.5 Å². The highest BCUT2D eigenvalue weighted by Gasteiger charge is 2.18. The van der Waals surface area contributed by atoms with Crippen LogP contribution in [0.3, 0.4) is 0 Å². The van der Waals surface area contributed by atoms with Crippen LogP contribution in [0.2, 0.25) is 0 Å². The molecule has 0 unspecified atom stereocenters. The molecule has 0 spiro atoms. The first kappa shape index (κ1) is 24.7. The van der Waals surface area contributed by atoms with Crippen molar-refractivity contribution in [2.45, 2.75) is 13.1 Å². The molecule has 3 N–H and O–H groups in total. The van der Waals surface area contributed by atoms with Gasteiger partial charge in [-0.05, 0) is 47.0 Å². The summed E-state index contributed by atoms with van der Waals surface area (Å²) in [7, 11) is 0. The van der Waals surface area contributed by atoms with Gasteiger partial charge in [-0.25, -0.2) is 18.7 Å². The molecule has 200 valence electrons. The van der Waals surface area contributed by atoms with E-state index in [0.717, 1.165) is 23.2 Å². The van der Waals surface area contributed by atoms with E-state index in [9.17, 15) is 4.39 Å². The highest BCUT2D eigenvalue weighted by molar-refractivity contribution is 5.97. The topological polar surface area (TPSA) is 95.2 Å². The maximum atomic E-state index is 15.3. The van der Waals surface area contributed by atoms with Crippen molar-refractivity contribution in [1.82, 2.24) is 35.5 Å². The Labute approximate surface area is 233 Å². The first-order valence-electron chi connectivity index (χ1n) is 13.1. The second-order valence-electron chi connectivity index (χ2n) is 9.77. The van der Waals surface area contributed by atoms with Crippen molar-refractivity contribution < 1.29 is 8.78 Å². The van der Waals surface area contributed by atoms with E-state index in [1.54, 1.807) is 36.8 Å². The van der Waals surface area contributed by atoms with Crippen LogP contribution in [0.4, 0.5) is 8.78 Å². The van der Waals surface area contributed by atoms with Gasteiger partial charge < -0.3 is 10.3 Å². The summed E-state index contributed by atoms with van der Waals surface area (Å²) in [5, 5.41) is 11.5. The maximum absolute atomic E-state index is 15.3. The third kappa shape index (κ3) is 4.83. The normalized spacial score (nSPS) is 11.5. The number of pyridine rings is 2. The predicted molar refractivity (Wildman–Crippen MR) is 155 cm³/mol. The number of benzene rings is 3. The van der Waals surface area contributed by atoms with E-state index in [2.05, 4.69) is 47.6 Å². The van der Waals surface area contributed by atoms with Crippen LogP contribution < -0.4 is 5.32 Å². The lowest BCUT2D eigenvalue weighted by Crippen LogP contribution is -2.12. The molecule has 0 saturated heterocycles. The second-order valence-corrected chi connectivity index (χ2v) is 9.77. The van der Waals surface area contributed by atoms with E-state index in [1.165, 1.54) is 23.8 Å². The third-order valence-corrected chi connectivity index (χ3v) is 7.03. The molecular formula is C32H23F2N7. The van der Waals surface area contributed by atoms with Gasteiger partial charge >= 0.3 is 0 Å². The number of aromatic amines is 2. The summed E-state index contributed by atoms with van der Waals surface area (Å²) in [5.41, 5.74) is 7.17. The van der Waals surface area contributed by atoms with Crippen molar-refractivity contribution >= 4 is 22.1 Å². The number of aromatic nitrogens is 6. The molecule has 4 aromatic heterocycles. The van der Waals surface area contributed by atoms with Crippen LogP contribution in [-0.4, -0.2) is 30.1 Å². The van der Waals surface area contributed by atoms with Crippen LogP contribution in [0.5, 0.6) is 0 Å². The summed E-state index contributed by atoms with van der Waals surface area (Å²) in [5.74, 6) is -0.198. The number of halogens is 2. The monoisotopic (exact) mass is 543 g/mol. The molecule has 9 heteroatoms. The van der Waals surface area contributed by atoms with E-state index >= 15 is 4.39 Å². The number of imidazole rings is 1. The molecule has 0 fully saturated rings. The van der Waals surface area contributed by atoms with E-state index < -0.39 is 0 Å².